The van der Waals surface area contributed by atoms with Crippen molar-refractivity contribution in [3.8, 4) is 5.75 Å². The van der Waals surface area contributed by atoms with Gasteiger partial charge in [-0.1, -0.05) is 12.1 Å². The summed E-state index contributed by atoms with van der Waals surface area (Å²) in [7, 11) is 1.57. The molecule has 2 rings (SSSR count). The van der Waals surface area contributed by atoms with E-state index in [4.69, 9.17) is 4.74 Å². The third kappa shape index (κ3) is 5.31. The molecular formula is C17H17N3O5. The second-order valence-electron chi connectivity index (χ2n) is 5.11. The Morgan fingerprint density at radius 3 is 2.24 bits per heavy atom. The van der Waals surface area contributed by atoms with Crippen LogP contribution in [0.15, 0.2) is 48.5 Å². The van der Waals surface area contributed by atoms with Crippen molar-refractivity contribution in [2.75, 3.05) is 13.7 Å². The zero-order chi connectivity index (χ0) is 18.2. The molecule has 2 N–H and O–H groups in total. The number of carbonyl (C=O) groups is 2. The average molecular weight is 343 g/mol. The van der Waals surface area contributed by atoms with E-state index in [0.29, 0.717) is 6.54 Å². The van der Waals surface area contributed by atoms with Gasteiger partial charge in [0.2, 0.25) is 5.91 Å². The number of nitro groups is 1. The number of hydrogen-bond acceptors (Lipinski definition) is 5. The summed E-state index contributed by atoms with van der Waals surface area (Å²) >= 11 is 0. The molecule has 2 aromatic carbocycles. The molecule has 0 aliphatic rings. The SMILES string of the molecule is COc1ccc(CNC(=O)CNC(=O)c2ccc([N+](=O)[O-])cc2)cc1. The maximum Gasteiger partial charge on any atom is 0.269 e. The second kappa shape index (κ2) is 8.44. The third-order valence-corrected chi connectivity index (χ3v) is 3.40. The number of amides is 2. The van der Waals surface area contributed by atoms with Crippen molar-refractivity contribution < 1.29 is 19.2 Å². The Morgan fingerprint density at radius 2 is 1.68 bits per heavy atom. The standard InChI is InChI=1S/C17H17N3O5/c1-25-15-8-2-12(3-9-15)10-18-16(21)11-19-17(22)13-4-6-14(7-5-13)20(23)24/h2-9H,10-11H2,1H3,(H,18,21)(H,19,22). The van der Waals surface area contributed by atoms with E-state index in [9.17, 15) is 19.7 Å². The maximum absolute atomic E-state index is 11.9. The Morgan fingerprint density at radius 1 is 1.04 bits per heavy atom. The van der Waals surface area contributed by atoms with E-state index in [2.05, 4.69) is 10.6 Å². The molecular weight excluding hydrogens is 326 g/mol. The van der Waals surface area contributed by atoms with Crippen molar-refractivity contribution in [3.63, 3.8) is 0 Å². The Kier molecular flexibility index (Phi) is 6.05. The topological polar surface area (TPSA) is 111 Å². The van der Waals surface area contributed by atoms with Gasteiger partial charge in [0.1, 0.15) is 5.75 Å². The number of non-ortho nitro benzene ring substituents is 1. The lowest BCUT2D eigenvalue weighted by Gasteiger charge is -2.08. The molecule has 130 valence electrons. The highest BCUT2D eigenvalue weighted by Crippen LogP contribution is 2.12. The lowest BCUT2D eigenvalue weighted by Crippen LogP contribution is -2.36. The maximum atomic E-state index is 11.9. The number of carbonyl (C=O) groups excluding carboxylic acids is 2. The molecule has 25 heavy (non-hydrogen) atoms. The van der Waals surface area contributed by atoms with Gasteiger partial charge in [-0.15, -0.1) is 0 Å². The highest BCUT2D eigenvalue weighted by molar-refractivity contribution is 5.96. The Bertz CT molecular complexity index is 757. The number of nitro benzene ring substituents is 1. The van der Waals surface area contributed by atoms with Gasteiger partial charge in [0.05, 0.1) is 18.6 Å². The fraction of sp³-hybridized carbons (Fsp3) is 0.176. The molecule has 2 amide bonds. The van der Waals surface area contributed by atoms with Crippen molar-refractivity contribution in [1.82, 2.24) is 10.6 Å². The summed E-state index contributed by atoms with van der Waals surface area (Å²) in [6, 6.07) is 12.4. The Labute approximate surface area is 144 Å². The third-order valence-electron chi connectivity index (χ3n) is 3.40. The molecule has 0 unspecified atom stereocenters. The van der Waals surface area contributed by atoms with Crippen LogP contribution in [0.25, 0.3) is 0 Å². The summed E-state index contributed by atoms with van der Waals surface area (Å²) in [5, 5.41) is 15.7. The van der Waals surface area contributed by atoms with Gasteiger partial charge in [-0.05, 0) is 29.8 Å². The van der Waals surface area contributed by atoms with Gasteiger partial charge in [-0.3, -0.25) is 19.7 Å². The molecule has 0 radical (unpaired) electrons. The van der Waals surface area contributed by atoms with Crippen molar-refractivity contribution >= 4 is 17.5 Å². The lowest BCUT2D eigenvalue weighted by molar-refractivity contribution is -0.384. The van der Waals surface area contributed by atoms with Crippen LogP contribution >= 0.6 is 0 Å². The van der Waals surface area contributed by atoms with Crippen LogP contribution in [-0.4, -0.2) is 30.4 Å². The van der Waals surface area contributed by atoms with Crippen LogP contribution in [-0.2, 0) is 11.3 Å². The first kappa shape index (κ1) is 17.9. The van der Waals surface area contributed by atoms with E-state index in [0.717, 1.165) is 11.3 Å². The van der Waals surface area contributed by atoms with Crippen LogP contribution in [0.5, 0.6) is 5.75 Å². The summed E-state index contributed by atoms with van der Waals surface area (Å²) in [4.78, 5) is 33.7. The normalized spacial score (nSPS) is 9.96. The minimum Gasteiger partial charge on any atom is -0.497 e. The fourth-order valence-corrected chi connectivity index (χ4v) is 2.00. The van der Waals surface area contributed by atoms with Crippen LogP contribution in [0, 0.1) is 10.1 Å². The van der Waals surface area contributed by atoms with Crippen molar-refractivity contribution in [1.29, 1.82) is 0 Å². The van der Waals surface area contributed by atoms with Crippen LogP contribution in [0.2, 0.25) is 0 Å². The Hall–Kier alpha value is -3.42. The monoisotopic (exact) mass is 343 g/mol. The van der Waals surface area contributed by atoms with Crippen molar-refractivity contribution in [2.45, 2.75) is 6.54 Å². The minimum atomic E-state index is -0.547. The second-order valence-corrected chi connectivity index (χ2v) is 5.11. The zero-order valence-electron chi connectivity index (χ0n) is 13.5. The van der Waals surface area contributed by atoms with E-state index in [1.165, 1.54) is 24.3 Å². The van der Waals surface area contributed by atoms with E-state index in [1.54, 1.807) is 19.2 Å². The van der Waals surface area contributed by atoms with Gasteiger partial charge >= 0.3 is 0 Å². The summed E-state index contributed by atoms with van der Waals surface area (Å²) < 4.78 is 5.05. The van der Waals surface area contributed by atoms with Gasteiger partial charge in [0.15, 0.2) is 0 Å². The molecule has 8 heteroatoms. The van der Waals surface area contributed by atoms with Crippen LogP contribution in [0.4, 0.5) is 5.69 Å². The molecule has 0 heterocycles. The van der Waals surface area contributed by atoms with Crippen molar-refractivity contribution in [2.24, 2.45) is 0 Å². The number of ether oxygens (including phenoxy) is 1. The van der Waals surface area contributed by atoms with E-state index in [-0.39, 0.29) is 23.7 Å². The van der Waals surface area contributed by atoms with Gasteiger partial charge in [0.25, 0.3) is 11.6 Å². The predicted molar refractivity (Wildman–Crippen MR) is 90.3 cm³/mol. The van der Waals surface area contributed by atoms with Crippen molar-refractivity contribution in [3.05, 3.63) is 69.8 Å². The van der Waals surface area contributed by atoms with E-state index < -0.39 is 10.8 Å². The molecule has 0 bridgehead atoms. The minimum absolute atomic E-state index is 0.103. The molecule has 0 aliphatic carbocycles. The number of benzene rings is 2. The molecule has 0 aliphatic heterocycles. The van der Waals surface area contributed by atoms with E-state index >= 15 is 0 Å². The average Bonchev–Trinajstić information content (AvgIpc) is 2.64. The van der Waals surface area contributed by atoms with E-state index in [1.807, 2.05) is 12.1 Å². The zero-order valence-corrected chi connectivity index (χ0v) is 13.5. The predicted octanol–water partition coefficient (Wildman–Crippen LogP) is 1.65. The lowest BCUT2D eigenvalue weighted by atomic mass is 10.2. The molecule has 2 aromatic rings. The first-order valence-corrected chi connectivity index (χ1v) is 7.42. The molecule has 0 fully saturated rings. The molecule has 0 aromatic heterocycles. The van der Waals surface area contributed by atoms with Gasteiger partial charge in [0, 0.05) is 24.2 Å². The van der Waals surface area contributed by atoms with Gasteiger partial charge < -0.3 is 15.4 Å². The number of nitrogens with zero attached hydrogens (tertiary/aromatic N) is 1. The molecule has 0 saturated carbocycles. The van der Waals surface area contributed by atoms with Crippen LogP contribution < -0.4 is 15.4 Å². The number of nitrogens with one attached hydrogen (secondary N) is 2. The first-order valence-electron chi connectivity index (χ1n) is 7.42. The largest absolute Gasteiger partial charge is 0.497 e. The van der Waals surface area contributed by atoms with Crippen LogP contribution in [0.1, 0.15) is 15.9 Å². The quantitative estimate of drug-likeness (QED) is 0.587. The summed E-state index contributed by atoms with van der Waals surface area (Å²) in [6.45, 7) is 0.141. The van der Waals surface area contributed by atoms with Gasteiger partial charge in [-0.2, -0.15) is 0 Å². The molecule has 0 saturated heterocycles. The smallest absolute Gasteiger partial charge is 0.269 e. The summed E-state index contributed by atoms with van der Waals surface area (Å²) in [6.07, 6.45) is 0. The highest BCUT2D eigenvalue weighted by Gasteiger charge is 2.10. The first-order chi connectivity index (χ1) is 12.0. The highest BCUT2D eigenvalue weighted by atomic mass is 16.6. The number of rotatable bonds is 7. The molecule has 0 spiro atoms. The molecule has 8 nitrogen and oxygen atoms in total. The molecule has 0 atom stereocenters. The Balaban J connectivity index is 1.78. The van der Waals surface area contributed by atoms with Gasteiger partial charge in [-0.25, -0.2) is 0 Å². The number of methoxy groups -OCH3 is 1. The summed E-state index contributed by atoms with van der Waals surface area (Å²) in [5.74, 6) is -0.0917. The number of hydrogen-bond donors (Lipinski definition) is 2. The summed E-state index contributed by atoms with van der Waals surface area (Å²) in [5.41, 5.74) is 1.04. The fourth-order valence-electron chi connectivity index (χ4n) is 2.00. The van der Waals surface area contributed by atoms with Crippen LogP contribution in [0.3, 0.4) is 0 Å².